The number of sulfonamides is 1. The van der Waals surface area contributed by atoms with Crippen LogP contribution in [0.2, 0.25) is 5.15 Å². The molecule has 2 aliphatic rings. The van der Waals surface area contributed by atoms with Gasteiger partial charge in [-0.15, -0.1) is 0 Å². The molecule has 0 spiro atoms. The normalized spacial score (nSPS) is 30.0. The van der Waals surface area contributed by atoms with Crippen molar-refractivity contribution >= 4 is 21.6 Å². The van der Waals surface area contributed by atoms with Crippen LogP contribution >= 0.6 is 11.6 Å². The molecule has 1 aromatic heterocycles. The van der Waals surface area contributed by atoms with Crippen molar-refractivity contribution in [2.24, 2.45) is 24.8 Å². The topological polar surface area (TPSA) is 64.0 Å². The molecule has 21 heavy (non-hydrogen) atoms. The number of hydrogen-bond donors (Lipinski definition) is 1. The summed E-state index contributed by atoms with van der Waals surface area (Å²) >= 11 is 6.09. The fourth-order valence-electron chi connectivity index (χ4n) is 4.21. The van der Waals surface area contributed by atoms with E-state index in [4.69, 9.17) is 11.6 Å². The van der Waals surface area contributed by atoms with Crippen LogP contribution in [0.1, 0.15) is 38.3 Å². The van der Waals surface area contributed by atoms with E-state index in [0.29, 0.717) is 17.5 Å². The van der Waals surface area contributed by atoms with Crippen molar-refractivity contribution < 1.29 is 8.42 Å². The van der Waals surface area contributed by atoms with Crippen LogP contribution in [-0.4, -0.2) is 24.2 Å². The van der Waals surface area contributed by atoms with E-state index in [1.807, 2.05) is 6.92 Å². The molecule has 1 heterocycles. The average Bonchev–Trinajstić information content (AvgIpc) is 3.04. The molecule has 0 unspecified atom stereocenters. The van der Waals surface area contributed by atoms with E-state index in [1.165, 1.54) is 23.9 Å². The van der Waals surface area contributed by atoms with Crippen molar-refractivity contribution in [3.8, 4) is 0 Å². The first-order chi connectivity index (χ1) is 9.79. The molecule has 2 fully saturated rings. The Hall–Kier alpha value is -0.590. The van der Waals surface area contributed by atoms with Crippen LogP contribution in [0.4, 0.5) is 0 Å². The molecule has 1 aromatic rings. The number of aryl methyl sites for hydroxylation is 2. The Morgan fingerprint density at radius 3 is 2.57 bits per heavy atom. The van der Waals surface area contributed by atoms with Crippen molar-refractivity contribution in [1.82, 2.24) is 14.5 Å². The fraction of sp³-hybridized carbons (Fsp3) is 0.786. The van der Waals surface area contributed by atoms with Crippen LogP contribution in [0.3, 0.4) is 0 Å². The molecule has 2 aliphatic carbocycles. The summed E-state index contributed by atoms with van der Waals surface area (Å²) in [6.07, 6.45) is 4.97. The van der Waals surface area contributed by atoms with Crippen molar-refractivity contribution in [2.45, 2.75) is 50.5 Å². The van der Waals surface area contributed by atoms with Gasteiger partial charge in [-0.2, -0.15) is 5.10 Å². The minimum Gasteiger partial charge on any atom is -0.255 e. The number of halogens is 1. The molecule has 0 aliphatic heterocycles. The largest absolute Gasteiger partial charge is 0.255 e. The van der Waals surface area contributed by atoms with Crippen molar-refractivity contribution in [3.63, 3.8) is 0 Å². The van der Waals surface area contributed by atoms with E-state index in [-0.39, 0.29) is 16.1 Å². The number of aromatic nitrogens is 2. The highest BCUT2D eigenvalue weighted by molar-refractivity contribution is 7.89. The first-order valence-corrected chi connectivity index (χ1v) is 9.37. The molecule has 0 radical (unpaired) electrons. The van der Waals surface area contributed by atoms with Gasteiger partial charge in [-0.1, -0.05) is 18.0 Å². The van der Waals surface area contributed by atoms with E-state index in [1.54, 1.807) is 14.0 Å². The second-order valence-electron chi connectivity index (χ2n) is 6.58. The zero-order chi connectivity index (χ0) is 15.4. The number of nitrogens with one attached hydrogen (secondary N) is 1. The Labute approximate surface area is 131 Å². The molecule has 7 heteroatoms. The van der Waals surface area contributed by atoms with Crippen molar-refractivity contribution in [2.75, 3.05) is 0 Å². The van der Waals surface area contributed by atoms with Gasteiger partial charge in [0.05, 0.1) is 5.69 Å². The molecule has 3 rings (SSSR count). The lowest BCUT2D eigenvalue weighted by atomic mass is 9.84. The number of nitrogens with zero attached hydrogens (tertiary/aromatic N) is 2. The lowest BCUT2D eigenvalue weighted by Gasteiger charge is -2.28. The summed E-state index contributed by atoms with van der Waals surface area (Å²) in [4.78, 5) is 0.113. The summed E-state index contributed by atoms with van der Waals surface area (Å²) in [5.74, 6) is 1.93. The summed E-state index contributed by atoms with van der Waals surface area (Å²) in [5.41, 5.74) is 0.440. The third-order valence-corrected chi connectivity index (χ3v) is 7.40. The first-order valence-electron chi connectivity index (χ1n) is 7.51. The zero-order valence-electron chi connectivity index (χ0n) is 12.6. The summed E-state index contributed by atoms with van der Waals surface area (Å²) in [7, 11) is -1.97. The Kier molecular flexibility index (Phi) is 3.83. The molecular weight excluding hydrogens is 310 g/mol. The van der Waals surface area contributed by atoms with Gasteiger partial charge in [0, 0.05) is 13.1 Å². The summed E-state index contributed by atoms with van der Waals surface area (Å²) in [5, 5.41) is 4.25. The number of rotatable bonds is 4. The lowest BCUT2D eigenvalue weighted by molar-refractivity contribution is 0.280. The van der Waals surface area contributed by atoms with Gasteiger partial charge in [0.25, 0.3) is 0 Å². The summed E-state index contributed by atoms with van der Waals surface area (Å²) in [6, 6.07) is -0.0547. The fourth-order valence-corrected chi connectivity index (χ4v) is 6.26. The zero-order valence-corrected chi connectivity index (χ0v) is 14.2. The molecule has 4 atom stereocenters. The quantitative estimate of drug-likeness (QED) is 0.921. The van der Waals surface area contributed by atoms with Gasteiger partial charge in [0.1, 0.15) is 10.0 Å². The first kappa shape index (κ1) is 15.3. The highest BCUT2D eigenvalue weighted by atomic mass is 35.5. The van der Waals surface area contributed by atoms with Gasteiger partial charge >= 0.3 is 0 Å². The van der Waals surface area contributed by atoms with E-state index in [2.05, 4.69) is 9.82 Å². The molecule has 0 aromatic carbocycles. The third kappa shape index (κ3) is 2.62. The lowest BCUT2D eigenvalue weighted by Crippen LogP contribution is -2.40. The molecule has 118 valence electrons. The Morgan fingerprint density at radius 1 is 1.38 bits per heavy atom. The van der Waals surface area contributed by atoms with E-state index in [9.17, 15) is 8.42 Å². The maximum absolute atomic E-state index is 12.6. The second kappa shape index (κ2) is 5.25. The van der Waals surface area contributed by atoms with Gasteiger partial charge in [-0.3, -0.25) is 4.68 Å². The van der Waals surface area contributed by atoms with Gasteiger partial charge < -0.3 is 0 Å². The molecular formula is C14H22ClN3O2S. The summed E-state index contributed by atoms with van der Waals surface area (Å²) < 4.78 is 29.4. The van der Waals surface area contributed by atoms with Crippen LogP contribution in [0.25, 0.3) is 0 Å². The van der Waals surface area contributed by atoms with Gasteiger partial charge in [0.15, 0.2) is 0 Å². The Bertz CT molecular complexity index is 655. The van der Waals surface area contributed by atoms with Crippen LogP contribution in [-0.2, 0) is 17.1 Å². The standard InChI is InChI=1S/C14H22ClN3O2S/c1-8(12-7-10-4-5-11(12)6-10)17-21(19,20)13-9(2)16-18(3)14(13)15/h8,10-12,17H,4-7H2,1-3H3/t8-,10+,11+,12-/m1/s1. The second-order valence-corrected chi connectivity index (χ2v) is 8.59. The van der Waals surface area contributed by atoms with Crippen LogP contribution in [0.5, 0.6) is 0 Å². The maximum atomic E-state index is 12.6. The van der Waals surface area contributed by atoms with Crippen LogP contribution in [0, 0.1) is 24.7 Å². The minimum atomic E-state index is -3.62. The van der Waals surface area contributed by atoms with Gasteiger partial charge in [-0.25, -0.2) is 13.1 Å². The minimum absolute atomic E-state index is 0.0547. The van der Waals surface area contributed by atoms with Gasteiger partial charge in [-0.05, 0) is 50.9 Å². The Morgan fingerprint density at radius 2 is 2.10 bits per heavy atom. The number of fused-ring (bicyclic) bond motifs is 2. The summed E-state index contributed by atoms with van der Waals surface area (Å²) in [6.45, 7) is 3.64. The monoisotopic (exact) mass is 331 g/mol. The van der Waals surface area contributed by atoms with Crippen LogP contribution < -0.4 is 4.72 Å². The predicted molar refractivity (Wildman–Crippen MR) is 81.7 cm³/mol. The SMILES string of the molecule is Cc1nn(C)c(Cl)c1S(=O)(=O)N[C@H](C)[C@H]1C[C@H]2CC[C@H]1C2. The molecule has 2 bridgehead atoms. The highest BCUT2D eigenvalue weighted by Crippen LogP contribution is 2.49. The molecule has 0 amide bonds. The molecule has 2 saturated carbocycles. The molecule has 5 nitrogen and oxygen atoms in total. The van der Waals surface area contributed by atoms with Crippen LogP contribution in [0.15, 0.2) is 4.90 Å². The predicted octanol–water partition coefficient (Wildman–Crippen LogP) is 2.48. The highest BCUT2D eigenvalue weighted by Gasteiger charge is 2.43. The van der Waals surface area contributed by atoms with E-state index >= 15 is 0 Å². The van der Waals surface area contributed by atoms with E-state index in [0.717, 1.165) is 12.3 Å². The molecule has 1 N–H and O–H groups in total. The average molecular weight is 332 g/mol. The molecule has 0 saturated heterocycles. The third-order valence-electron chi connectivity index (χ3n) is 5.14. The number of hydrogen-bond acceptors (Lipinski definition) is 3. The van der Waals surface area contributed by atoms with Crippen molar-refractivity contribution in [3.05, 3.63) is 10.8 Å². The van der Waals surface area contributed by atoms with Gasteiger partial charge in [0.2, 0.25) is 10.0 Å². The van der Waals surface area contributed by atoms with Crippen molar-refractivity contribution in [1.29, 1.82) is 0 Å². The smallest absolute Gasteiger partial charge is 0.245 e. The Balaban J connectivity index is 1.80. The maximum Gasteiger partial charge on any atom is 0.245 e. The van der Waals surface area contributed by atoms with E-state index < -0.39 is 10.0 Å².